The van der Waals surface area contributed by atoms with E-state index in [9.17, 15) is 0 Å². The number of halogens is 1. The fourth-order valence-electron chi connectivity index (χ4n) is 2.45. The van der Waals surface area contributed by atoms with E-state index in [2.05, 4.69) is 10.3 Å². The number of nitrogens with zero attached hydrogens (tertiary/aromatic N) is 1. The molecule has 1 aliphatic rings. The zero-order valence-corrected chi connectivity index (χ0v) is 13.8. The molecule has 120 valence electrons. The molecule has 0 atom stereocenters. The lowest BCUT2D eigenvalue weighted by atomic mass is 10.1. The maximum atomic E-state index is 5.99. The van der Waals surface area contributed by atoms with Gasteiger partial charge in [-0.3, -0.25) is 4.99 Å². The maximum Gasteiger partial charge on any atom is 0.161 e. The Balaban J connectivity index is 1.75. The number of rotatable bonds is 5. The first-order valence-electron chi connectivity index (χ1n) is 7.60. The Morgan fingerprint density at radius 1 is 1.17 bits per heavy atom. The Bertz CT molecular complexity index is 716. The van der Waals surface area contributed by atoms with Crippen LogP contribution in [-0.2, 0) is 6.61 Å². The number of aliphatic imine (C=N–C) groups is 1. The van der Waals surface area contributed by atoms with Crippen LogP contribution in [0.3, 0.4) is 0 Å². The smallest absolute Gasteiger partial charge is 0.161 e. The van der Waals surface area contributed by atoms with Crippen LogP contribution in [0.2, 0.25) is 5.02 Å². The van der Waals surface area contributed by atoms with E-state index in [4.69, 9.17) is 21.1 Å². The highest BCUT2D eigenvalue weighted by Crippen LogP contribution is 2.29. The molecule has 1 N–H and O–H groups in total. The average molecular weight is 331 g/mol. The molecule has 0 fully saturated rings. The molecule has 0 amide bonds. The predicted octanol–water partition coefficient (Wildman–Crippen LogP) is 3.67. The number of ether oxygens (including phenoxy) is 2. The third-order valence-corrected chi connectivity index (χ3v) is 3.85. The summed E-state index contributed by atoms with van der Waals surface area (Å²) in [6.07, 6.45) is 1.07. The minimum absolute atomic E-state index is 0.440. The summed E-state index contributed by atoms with van der Waals surface area (Å²) in [4.78, 5) is 4.50. The molecule has 0 radical (unpaired) electrons. The lowest BCUT2D eigenvalue weighted by Gasteiger charge is -2.17. The van der Waals surface area contributed by atoms with E-state index in [-0.39, 0.29) is 0 Å². The Kier molecular flexibility index (Phi) is 5.03. The van der Waals surface area contributed by atoms with Crippen molar-refractivity contribution in [2.24, 2.45) is 4.99 Å². The molecule has 4 nitrogen and oxygen atoms in total. The molecule has 0 unspecified atom stereocenters. The first kappa shape index (κ1) is 15.7. The van der Waals surface area contributed by atoms with Crippen molar-refractivity contribution in [3.63, 3.8) is 0 Å². The van der Waals surface area contributed by atoms with E-state index in [0.717, 1.165) is 36.5 Å². The highest BCUT2D eigenvalue weighted by atomic mass is 35.5. The number of benzene rings is 2. The number of amidine groups is 1. The lowest BCUT2D eigenvalue weighted by molar-refractivity contribution is 0.284. The van der Waals surface area contributed by atoms with Gasteiger partial charge in [0, 0.05) is 23.7 Å². The minimum atomic E-state index is 0.440. The summed E-state index contributed by atoms with van der Waals surface area (Å²) >= 11 is 5.99. The molecule has 1 aliphatic heterocycles. The van der Waals surface area contributed by atoms with Crippen molar-refractivity contribution in [2.75, 3.05) is 20.2 Å². The Labute approximate surface area is 141 Å². The molecular formula is C18H19ClN2O2. The number of methoxy groups -OCH3 is 1. The third-order valence-electron chi connectivity index (χ3n) is 3.62. The van der Waals surface area contributed by atoms with Crippen molar-refractivity contribution in [1.82, 2.24) is 5.32 Å². The highest BCUT2D eigenvalue weighted by Gasteiger charge is 2.11. The number of hydrogen-bond acceptors (Lipinski definition) is 4. The van der Waals surface area contributed by atoms with E-state index in [0.29, 0.717) is 23.1 Å². The molecule has 1 heterocycles. The summed E-state index contributed by atoms with van der Waals surface area (Å²) < 4.78 is 11.3. The van der Waals surface area contributed by atoms with Crippen LogP contribution in [0.1, 0.15) is 17.5 Å². The molecule has 3 rings (SSSR count). The van der Waals surface area contributed by atoms with Crippen LogP contribution in [0.25, 0.3) is 0 Å². The second kappa shape index (κ2) is 7.38. The normalized spacial score (nSPS) is 13.9. The van der Waals surface area contributed by atoms with Gasteiger partial charge in [0.15, 0.2) is 11.5 Å². The van der Waals surface area contributed by atoms with E-state index in [1.54, 1.807) is 7.11 Å². The summed E-state index contributed by atoms with van der Waals surface area (Å²) in [7, 11) is 1.64. The monoisotopic (exact) mass is 330 g/mol. The first-order valence-corrected chi connectivity index (χ1v) is 7.98. The van der Waals surface area contributed by atoms with E-state index in [1.165, 1.54) is 0 Å². The fourth-order valence-corrected chi connectivity index (χ4v) is 2.66. The second-order valence-corrected chi connectivity index (χ2v) is 5.73. The van der Waals surface area contributed by atoms with Gasteiger partial charge in [-0.15, -0.1) is 0 Å². The molecule has 0 aliphatic carbocycles. The quantitative estimate of drug-likeness (QED) is 0.909. The Hall–Kier alpha value is -2.20. The SMILES string of the molecule is COc1cc(C2=NCCCN2)ccc1OCc1cccc(Cl)c1. The summed E-state index contributed by atoms with van der Waals surface area (Å²) in [5, 5.41) is 4.01. The van der Waals surface area contributed by atoms with Gasteiger partial charge in [0.2, 0.25) is 0 Å². The van der Waals surface area contributed by atoms with Crippen molar-refractivity contribution in [3.05, 3.63) is 58.6 Å². The maximum absolute atomic E-state index is 5.99. The van der Waals surface area contributed by atoms with Gasteiger partial charge in [-0.25, -0.2) is 0 Å². The average Bonchev–Trinajstić information content (AvgIpc) is 2.60. The summed E-state index contributed by atoms with van der Waals surface area (Å²) in [5.41, 5.74) is 2.03. The van der Waals surface area contributed by atoms with E-state index in [1.807, 2.05) is 42.5 Å². The van der Waals surface area contributed by atoms with Gasteiger partial charge in [0.25, 0.3) is 0 Å². The van der Waals surface area contributed by atoms with Crippen molar-refractivity contribution in [2.45, 2.75) is 13.0 Å². The summed E-state index contributed by atoms with van der Waals surface area (Å²) in [6.45, 7) is 2.25. The molecule has 2 aromatic rings. The van der Waals surface area contributed by atoms with Gasteiger partial charge in [-0.1, -0.05) is 23.7 Å². The van der Waals surface area contributed by atoms with Crippen LogP contribution in [0.15, 0.2) is 47.5 Å². The molecular weight excluding hydrogens is 312 g/mol. The molecule has 0 saturated heterocycles. The van der Waals surface area contributed by atoms with Crippen LogP contribution in [0.5, 0.6) is 11.5 Å². The van der Waals surface area contributed by atoms with Crippen molar-refractivity contribution >= 4 is 17.4 Å². The molecule has 0 aromatic heterocycles. The second-order valence-electron chi connectivity index (χ2n) is 5.29. The lowest BCUT2D eigenvalue weighted by Crippen LogP contribution is -2.30. The molecule has 0 saturated carbocycles. The molecule has 2 aromatic carbocycles. The van der Waals surface area contributed by atoms with Crippen LogP contribution in [-0.4, -0.2) is 26.0 Å². The van der Waals surface area contributed by atoms with Crippen LogP contribution in [0.4, 0.5) is 0 Å². The Morgan fingerprint density at radius 3 is 2.83 bits per heavy atom. The zero-order valence-electron chi connectivity index (χ0n) is 13.0. The summed E-state index contributed by atoms with van der Waals surface area (Å²) in [5.74, 6) is 2.31. The van der Waals surface area contributed by atoms with E-state index < -0.39 is 0 Å². The van der Waals surface area contributed by atoms with Crippen LogP contribution < -0.4 is 14.8 Å². The largest absolute Gasteiger partial charge is 0.493 e. The number of nitrogens with one attached hydrogen (secondary N) is 1. The molecule has 0 bridgehead atoms. The van der Waals surface area contributed by atoms with Crippen molar-refractivity contribution in [1.29, 1.82) is 0 Å². The van der Waals surface area contributed by atoms with Gasteiger partial charge in [0.1, 0.15) is 12.4 Å². The van der Waals surface area contributed by atoms with Gasteiger partial charge in [-0.2, -0.15) is 0 Å². The van der Waals surface area contributed by atoms with Gasteiger partial charge in [0.05, 0.1) is 7.11 Å². The van der Waals surface area contributed by atoms with Gasteiger partial charge >= 0.3 is 0 Å². The zero-order chi connectivity index (χ0) is 16.1. The molecule has 23 heavy (non-hydrogen) atoms. The molecule has 0 spiro atoms. The minimum Gasteiger partial charge on any atom is -0.493 e. The van der Waals surface area contributed by atoms with E-state index >= 15 is 0 Å². The van der Waals surface area contributed by atoms with Gasteiger partial charge in [-0.05, 0) is 42.3 Å². The predicted molar refractivity (Wildman–Crippen MR) is 92.8 cm³/mol. The van der Waals surface area contributed by atoms with Crippen LogP contribution in [0, 0.1) is 0 Å². The summed E-state index contributed by atoms with van der Waals surface area (Å²) in [6, 6.07) is 13.5. The standard InChI is InChI=1S/C18H19ClN2O2/c1-22-17-11-14(18-20-8-3-9-21-18)6-7-16(17)23-12-13-4-2-5-15(19)10-13/h2,4-7,10-11H,3,8-9,12H2,1H3,(H,20,21). The highest BCUT2D eigenvalue weighted by molar-refractivity contribution is 6.30. The topological polar surface area (TPSA) is 42.8 Å². The third kappa shape index (κ3) is 3.96. The number of hydrogen-bond donors (Lipinski definition) is 1. The van der Waals surface area contributed by atoms with Gasteiger partial charge < -0.3 is 14.8 Å². The Morgan fingerprint density at radius 2 is 2.09 bits per heavy atom. The van der Waals surface area contributed by atoms with Crippen LogP contribution >= 0.6 is 11.6 Å². The van der Waals surface area contributed by atoms with Crippen molar-refractivity contribution < 1.29 is 9.47 Å². The van der Waals surface area contributed by atoms with Crippen molar-refractivity contribution in [3.8, 4) is 11.5 Å². The fraction of sp³-hybridized carbons (Fsp3) is 0.278. The first-order chi connectivity index (χ1) is 11.3. The molecule has 5 heteroatoms.